The Bertz CT molecular complexity index is 630. The molecular formula is C17H20F3NO3. The summed E-state index contributed by atoms with van der Waals surface area (Å²) in [4.78, 5) is 25.2. The smallest absolute Gasteiger partial charge is 0.416 e. The summed E-state index contributed by atoms with van der Waals surface area (Å²) in [7, 11) is 0. The third kappa shape index (κ3) is 3.55. The lowest BCUT2D eigenvalue weighted by Crippen LogP contribution is -2.46. The Morgan fingerprint density at radius 2 is 1.92 bits per heavy atom. The molecule has 3 unspecified atom stereocenters. The van der Waals surface area contributed by atoms with Crippen LogP contribution >= 0.6 is 0 Å². The second-order valence-electron chi connectivity index (χ2n) is 6.05. The molecule has 0 bridgehead atoms. The largest absolute Gasteiger partial charge is 0.481 e. The van der Waals surface area contributed by atoms with E-state index in [1.165, 1.54) is 11.0 Å². The fourth-order valence-corrected chi connectivity index (χ4v) is 3.08. The predicted molar refractivity (Wildman–Crippen MR) is 81.1 cm³/mol. The highest BCUT2D eigenvalue weighted by molar-refractivity contribution is 5.86. The van der Waals surface area contributed by atoms with Crippen LogP contribution in [-0.2, 0) is 15.8 Å². The molecule has 1 saturated carbocycles. The van der Waals surface area contributed by atoms with Gasteiger partial charge in [0, 0.05) is 6.54 Å². The zero-order valence-electron chi connectivity index (χ0n) is 13.5. The highest BCUT2D eigenvalue weighted by Gasteiger charge is 2.43. The number of aliphatic carboxylic acids is 1. The van der Waals surface area contributed by atoms with Crippen LogP contribution in [0.4, 0.5) is 13.2 Å². The molecule has 1 amide bonds. The zero-order valence-corrected chi connectivity index (χ0v) is 13.5. The van der Waals surface area contributed by atoms with Crippen molar-refractivity contribution in [3.8, 4) is 0 Å². The Morgan fingerprint density at radius 3 is 2.38 bits per heavy atom. The summed E-state index contributed by atoms with van der Waals surface area (Å²) < 4.78 is 38.6. The molecule has 2 rings (SSSR count). The van der Waals surface area contributed by atoms with Gasteiger partial charge in [0.1, 0.15) is 0 Å². The van der Waals surface area contributed by atoms with Gasteiger partial charge in [-0.25, -0.2) is 0 Å². The molecule has 0 aliphatic heterocycles. The van der Waals surface area contributed by atoms with Crippen molar-refractivity contribution in [3.63, 3.8) is 0 Å². The van der Waals surface area contributed by atoms with Crippen LogP contribution in [0.3, 0.4) is 0 Å². The van der Waals surface area contributed by atoms with Gasteiger partial charge >= 0.3 is 12.1 Å². The lowest BCUT2D eigenvalue weighted by atomic mass is 9.72. The number of alkyl halides is 3. The maximum atomic E-state index is 12.9. The Labute approximate surface area is 138 Å². The van der Waals surface area contributed by atoms with Crippen molar-refractivity contribution in [2.75, 3.05) is 6.54 Å². The first-order valence-corrected chi connectivity index (χ1v) is 7.87. The summed E-state index contributed by atoms with van der Waals surface area (Å²) in [6.07, 6.45) is -3.48. The van der Waals surface area contributed by atoms with E-state index in [0.29, 0.717) is 24.9 Å². The van der Waals surface area contributed by atoms with E-state index >= 15 is 0 Å². The van der Waals surface area contributed by atoms with Gasteiger partial charge in [-0.3, -0.25) is 9.59 Å². The first kappa shape index (κ1) is 18.3. The van der Waals surface area contributed by atoms with Crippen molar-refractivity contribution in [3.05, 3.63) is 35.4 Å². The first-order valence-electron chi connectivity index (χ1n) is 7.87. The SMILES string of the molecule is CCN(C(=O)C1CCC1C(=O)O)C(C)c1cccc(C(F)(F)F)c1. The summed E-state index contributed by atoms with van der Waals surface area (Å²) in [5.74, 6) is -2.58. The van der Waals surface area contributed by atoms with E-state index in [1.807, 2.05) is 0 Å². The second-order valence-corrected chi connectivity index (χ2v) is 6.05. The molecule has 0 spiro atoms. The predicted octanol–water partition coefficient (Wildman–Crippen LogP) is 3.73. The number of carboxylic acids is 1. The number of carbonyl (C=O) groups is 2. The second kappa shape index (κ2) is 6.83. The minimum Gasteiger partial charge on any atom is -0.481 e. The van der Waals surface area contributed by atoms with Crippen LogP contribution in [-0.4, -0.2) is 28.4 Å². The van der Waals surface area contributed by atoms with Gasteiger partial charge in [0.05, 0.1) is 23.4 Å². The number of amides is 1. The van der Waals surface area contributed by atoms with Crippen LogP contribution in [0.2, 0.25) is 0 Å². The Hall–Kier alpha value is -2.05. The molecule has 1 aromatic rings. The molecule has 7 heteroatoms. The number of hydrogen-bond donors (Lipinski definition) is 1. The van der Waals surface area contributed by atoms with E-state index in [1.54, 1.807) is 19.9 Å². The zero-order chi connectivity index (χ0) is 18.1. The fraction of sp³-hybridized carbons (Fsp3) is 0.529. The molecule has 0 heterocycles. The number of rotatable bonds is 5. The number of benzene rings is 1. The number of carboxylic acid groups (broad SMARTS) is 1. The Balaban J connectivity index is 2.21. The van der Waals surface area contributed by atoms with Crippen LogP contribution in [0.15, 0.2) is 24.3 Å². The highest BCUT2D eigenvalue weighted by atomic mass is 19.4. The van der Waals surface area contributed by atoms with Gasteiger partial charge in [-0.15, -0.1) is 0 Å². The molecular weight excluding hydrogens is 323 g/mol. The summed E-state index contributed by atoms with van der Waals surface area (Å²) in [5, 5.41) is 9.09. The average Bonchev–Trinajstić information content (AvgIpc) is 2.45. The number of halogens is 3. The maximum Gasteiger partial charge on any atom is 0.416 e. The molecule has 1 aliphatic rings. The molecule has 1 fully saturated rings. The van der Waals surface area contributed by atoms with E-state index in [-0.39, 0.29) is 5.91 Å². The van der Waals surface area contributed by atoms with Crippen LogP contribution < -0.4 is 0 Å². The summed E-state index contributed by atoms with van der Waals surface area (Å²) in [6, 6.07) is 4.33. The van der Waals surface area contributed by atoms with Gasteiger partial charge in [-0.05, 0) is 44.4 Å². The fourth-order valence-electron chi connectivity index (χ4n) is 3.08. The van der Waals surface area contributed by atoms with E-state index in [4.69, 9.17) is 5.11 Å². The van der Waals surface area contributed by atoms with E-state index in [9.17, 15) is 22.8 Å². The summed E-state index contributed by atoms with van der Waals surface area (Å²) in [6.45, 7) is 3.70. The summed E-state index contributed by atoms with van der Waals surface area (Å²) >= 11 is 0. The molecule has 1 aliphatic carbocycles. The van der Waals surface area contributed by atoms with Gasteiger partial charge in [-0.2, -0.15) is 13.2 Å². The van der Waals surface area contributed by atoms with Crippen molar-refractivity contribution < 1.29 is 27.9 Å². The van der Waals surface area contributed by atoms with Gasteiger partial charge < -0.3 is 10.0 Å². The van der Waals surface area contributed by atoms with Crippen molar-refractivity contribution >= 4 is 11.9 Å². The van der Waals surface area contributed by atoms with Crippen molar-refractivity contribution in [1.29, 1.82) is 0 Å². The molecule has 1 aromatic carbocycles. The van der Waals surface area contributed by atoms with Crippen molar-refractivity contribution in [2.45, 2.75) is 38.9 Å². The van der Waals surface area contributed by atoms with Gasteiger partial charge in [0.2, 0.25) is 5.91 Å². The monoisotopic (exact) mass is 343 g/mol. The molecule has 1 N–H and O–H groups in total. The minimum atomic E-state index is -4.45. The standard InChI is InChI=1S/C17H20F3NO3/c1-3-21(15(22)13-7-8-14(13)16(23)24)10(2)11-5-4-6-12(9-11)17(18,19)20/h4-6,9-10,13-14H,3,7-8H2,1-2H3,(H,23,24). The van der Waals surface area contributed by atoms with Gasteiger partial charge in [0.15, 0.2) is 0 Å². The third-order valence-electron chi connectivity index (χ3n) is 4.70. The number of hydrogen-bond acceptors (Lipinski definition) is 2. The molecule has 0 saturated heterocycles. The quantitative estimate of drug-likeness (QED) is 0.886. The number of nitrogens with zero attached hydrogens (tertiary/aromatic N) is 1. The molecule has 132 valence electrons. The third-order valence-corrected chi connectivity index (χ3v) is 4.70. The lowest BCUT2D eigenvalue weighted by Gasteiger charge is -2.38. The molecule has 24 heavy (non-hydrogen) atoms. The first-order chi connectivity index (χ1) is 11.2. The van der Waals surface area contributed by atoms with E-state index in [2.05, 4.69) is 0 Å². The van der Waals surface area contributed by atoms with Crippen molar-refractivity contribution in [1.82, 2.24) is 4.90 Å². The van der Waals surface area contributed by atoms with Crippen LogP contribution in [0.1, 0.15) is 43.9 Å². The minimum absolute atomic E-state index is 0.305. The van der Waals surface area contributed by atoms with Crippen LogP contribution in [0, 0.1) is 11.8 Å². The number of carbonyl (C=O) groups excluding carboxylic acids is 1. The van der Waals surface area contributed by atoms with Gasteiger partial charge in [0.25, 0.3) is 0 Å². The van der Waals surface area contributed by atoms with Gasteiger partial charge in [-0.1, -0.05) is 12.1 Å². The molecule has 3 atom stereocenters. The van der Waals surface area contributed by atoms with E-state index in [0.717, 1.165) is 12.1 Å². The Kier molecular flexibility index (Phi) is 5.20. The summed E-state index contributed by atoms with van der Waals surface area (Å²) in [5.41, 5.74) is -0.381. The molecule has 0 radical (unpaired) electrons. The van der Waals surface area contributed by atoms with Crippen molar-refractivity contribution in [2.24, 2.45) is 11.8 Å². The lowest BCUT2D eigenvalue weighted by molar-refractivity contribution is -0.157. The Morgan fingerprint density at radius 1 is 1.29 bits per heavy atom. The normalized spacial score (nSPS) is 21.7. The van der Waals surface area contributed by atoms with Crippen LogP contribution in [0.5, 0.6) is 0 Å². The van der Waals surface area contributed by atoms with E-state index < -0.39 is 35.6 Å². The molecule has 4 nitrogen and oxygen atoms in total. The molecule has 0 aromatic heterocycles. The maximum absolute atomic E-state index is 12.9. The highest BCUT2D eigenvalue weighted by Crippen LogP contribution is 2.38. The average molecular weight is 343 g/mol. The van der Waals surface area contributed by atoms with Crippen LogP contribution in [0.25, 0.3) is 0 Å². The topological polar surface area (TPSA) is 57.6 Å².